The second-order valence-electron chi connectivity index (χ2n) is 5.47. The number of aliphatic hydroxyl groups excluding tert-OH is 1. The molecule has 3 nitrogen and oxygen atoms in total. The Hall–Kier alpha value is -2.30. The number of benzene rings is 3. The summed E-state index contributed by atoms with van der Waals surface area (Å²) in [5, 5.41) is 9.68. The number of hydrogen-bond acceptors (Lipinski definition) is 3. The van der Waals surface area contributed by atoms with E-state index in [1.54, 1.807) is 0 Å². The van der Waals surface area contributed by atoms with Crippen molar-refractivity contribution >= 4 is 21.6 Å². The van der Waals surface area contributed by atoms with Crippen molar-refractivity contribution in [2.24, 2.45) is 0 Å². The summed E-state index contributed by atoms with van der Waals surface area (Å²) >= 11 is 3.63. The van der Waals surface area contributed by atoms with Gasteiger partial charge in [0.1, 0.15) is 12.4 Å². The molecule has 0 unspecified atom stereocenters. The summed E-state index contributed by atoms with van der Waals surface area (Å²) in [6.45, 7) is 0.427. The van der Waals surface area contributed by atoms with Crippen molar-refractivity contribution in [1.29, 1.82) is 0 Å². The molecule has 3 N–H and O–H groups in total. The molecule has 0 saturated heterocycles. The van der Waals surface area contributed by atoms with E-state index < -0.39 is 0 Å². The molecule has 24 heavy (non-hydrogen) atoms. The Morgan fingerprint density at radius 3 is 2.46 bits per heavy atom. The molecule has 4 heteroatoms. The van der Waals surface area contributed by atoms with E-state index in [1.165, 1.54) is 0 Å². The van der Waals surface area contributed by atoms with E-state index in [-0.39, 0.29) is 6.61 Å². The highest BCUT2D eigenvalue weighted by molar-refractivity contribution is 9.10. The molecule has 0 spiro atoms. The summed E-state index contributed by atoms with van der Waals surface area (Å²) in [4.78, 5) is 0. The van der Waals surface area contributed by atoms with Crippen LogP contribution in [0.3, 0.4) is 0 Å². The second-order valence-corrected chi connectivity index (χ2v) is 6.26. The van der Waals surface area contributed by atoms with Crippen LogP contribution in [0, 0.1) is 0 Å². The molecule has 122 valence electrons. The van der Waals surface area contributed by atoms with Gasteiger partial charge in [-0.05, 0) is 50.8 Å². The fourth-order valence-electron chi connectivity index (χ4n) is 2.58. The predicted octanol–water partition coefficient (Wildman–Crippen LogP) is 4.77. The average Bonchev–Trinajstić information content (AvgIpc) is 2.61. The number of anilines is 1. The summed E-state index contributed by atoms with van der Waals surface area (Å²) in [5.74, 6) is 0.730. The van der Waals surface area contributed by atoms with Gasteiger partial charge in [0.2, 0.25) is 0 Å². The Bertz CT molecular complexity index is 834. The van der Waals surface area contributed by atoms with Gasteiger partial charge in [-0.15, -0.1) is 0 Å². The molecule has 0 aliphatic carbocycles. The quantitative estimate of drug-likeness (QED) is 0.623. The topological polar surface area (TPSA) is 55.5 Å². The molecule has 0 aliphatic heterocycles. The second kappa shape index (κ2) is 7.51. The standard InChI is InChI=1S/C20H18BrNO2/c21-20-18(24-13-14-5-2-1-3-6-14)10-9-16(12-23)19(20)15-7-4-8-17(22)11-15/h1-11,23H,12-13,22H2. The molecule has 0 atom stereocenters. The van der Waals surface area contributed by atoms with Crippen molar-refractivity contribution in [3.05, 3.63) is 82.3 Å². The van der Waals surface area contributed by atoms with Gasteiger partial charge in [0.05, 0.1) is 11.1 Å². The number of nitrogens with two attached hydrogens (primary N) is 1. The highest BCUT2D eigenvalue weighted by Crippen LogP contribution is 2.39. The molecule has 3 rings (SSSR count). The zero-order valence-electron chi connectivity index (χ0n) is 13.1. The summed E-state index contributed by atoms with van der Waals surface area (Å²) in [6, 6.07) is 21.3. The molecule has 0 heterocycles. The maximum Gasteiger partial charge on any atom is 0.134 e. The minimum atomic E-state index is -0.0539. The van der Waals surface area contributed by atoms with Crippen LogP contribution in [-0.4, -0.2) is 5.11 Å². The zero-order chi connectivity index (χ0) is 16.9. The van der Waals surface area contributed by atoms with E-state index in [0.29, 0.717) is 12.3 Å². The van der Waals surface area contributed by atoms with Crippen LogP contribution in [0.2, 0.25) is 0 Å². The van der Waals surface area contributed by atoms with Gasteiger partial charge in [-0.2, -0.15) is 0 Å². The van der Waals surface area contributed by atoms with E-state index >= 15 is 0 Å². The van der Waals surface area contributed by atoms with Gasteiger partial charge in [-0.1, -0.05) is 48.5 Å². The van der Waals surface area contributed by atoms with Crippen molar-refractivity contribution in [2.75, 3.05) is 5.73 Å². The van der Waals surface area contributed by atoms with Crippen molar-refractivity contribution in [3.8, 4) is 16.9 Å². The molecule has 0 bridgehead atoms. The lowest BCUT2D eigenvalue weighted by molar-refractivity contribution is 0.281. The Kier molecular flexibility index (Phi) is 5.18. The third kappa shape index (κ3) is 3.61. The molecule has 0 aliphatic rings. The highest BCUT2D eigenvalue weighted by Gasteiger charge is 2.14. The Labute approximate surface area is 149 Å². The Morgan fingerprint density at radius 2 is 1.75 bits per heavy atom. The molecule has 0 aromatic heterocycles. The van der Waals surface area contributed by atoms with Gasteiger partial charge < -0.3 is 15.6 Å². The van der Waals surface area contributed by atoms with Crippen molar-refractivity contribution < 1.29 is 9.84 Å². The first kappa shape index (κ1) is 16.6. The van der Waals surface area contributed by atoms with Crippen LogP contribution in [0.5, 0.6) is 5.75 Å². The van der Waals surface area contributed by atoms with Crippen LogP contribution in [0.15, 0.2) is 71.2 Å². The summed E-state index contributed by atoms with van der Waals surface area (Å²) in [5.41, 5.74) is 10.3. The minimum absolute atomic E-state index is 0.0539. The lowest BCUT2D eigenvalue weighted by Crippen LogP contribution is -1.99. The van der Waals surface area contributed by atoms with Crippen molar-refractivity contribution in [2.45, 2.75) is 13.2 Å². The first-order valence-corrected chi connectivity index (χ1v) is 8.43. The third-order valence-electron chi connectivity index (χ3n) is 3.78. The predicted molar refractivity (Wildman–Crippen MR) is 101 cm³/mol. The molecule has 0 saturated carbocycles. The SMILES string of the molecule is Nc1cccc(-c2c(CO)ccc(OCc3ccccc3)c2Br)c1. The molecule has 0 amide bonds. The number of rotatable bonds is 5. The minimum Gasteiger partial charge on any atom is -0.488 e. The zero-order valence-corrected chi connectivity index (χ0v) is 14.7. The largest absolute Gasteiger partial charge is 0.488 e. The average molecular weight is 384 g/mol. The maximum atomic E-state index is 9.68. The molecular formula is C20H18BrNO2. The van der Waals surface area contributed by atoms with E-state index in [4.69, 9.17) is 10.5 Å². The van der Waals surface area contributed by atoms with Crippen LogP contribution >= 0.6 is 15.9 Å². The van der Waals surface area contributed by atoms with Crippen LogP contribution in [0.25, 0.3) is 11.1 Å². The Balaban J connectivity index is 1.96. The molecule has 3 aromatic rings. The van der Waals surface area contributed by atoms with Gasteiger partial charge in [0.25, 0.3) is 0 Å². The number of nitrogen functional groups attached to an aromatic ring is 1. The fourth-order valence-corrected chi connectivity index (χ4v) is 3.31. The fraction of sp³-hybridized carbons (Fsp3) is 0.100. The maximum absolute atomic E-state index is 9.68. The number of halogens is 1. The van der Waals surface area contributed by atoms with E-state index in [2.05, 4.69) is 15.9 Å². The lowest BCUT2D eigenvalue weighted by atomic mass is 9.99. The van der Waals surface area contributed by atoms with Gasteiger partial charge in [-0.3, -0.25) is 0 Å². The summed E-state index contributed by atoms with van der Waals surface area (Å²) in [6.07, 6.45) is 0. The Morgan fingerprint density at radius 1 is 0.958 bits per heavy atom. The smallest absolute Gasteiger partial charge is 0.134 e. The van der Waals surface area contributed by atoms with Gasteiger partial charge >= 0.3 is 0 Å². The normalized spacial score (nSPS) is 10.6. The van der Waals surface area contributed by atoms with Crippen LogP contribution in [-0.2, 0) is 13.2 Å². The number of ether oxygens (including phenoxy) is 1. The van der Waals surface area contributed by atoms with Gasteiger partial charge in [0, 0.05) is 11.3 Å². The third-order valence-corrected chi connectivity index (χ3v) is 4.56. The molecule has 0 fully saturated rings. The molecular weight excluding hydrogens is 366 g/mol. The van der Waals surface area contributed by atoms with Gasteiger partial charge in [0.15, 0.2) is 0 Å². The van der Waals surface area contributed by atoms with E-state index in [0.717, 1.165) is 32.5 Å². The van der Waals surface area contributed by atoms with Crippen LogP contribution in [0.4, 0.5) is 5.69 Å². The van der Waals surface area contributed by atoms with Crippen molar-refractivity contribution in [3.63, 3.8) is 0 Å². The van der Waals surface area contributed by atoms with Gasteiger partial charge in [-0.25, -0.2) is 0 Å². The van der Waals surface area contributed by atoms with E-state index in [1.807, 2.05) is 66.7 Å². The highest BCUT2D eigenvalue weighted by atomic mass is 79.9. The molecule has 3 aromatic carbocycles. The van der Waals surface area contributed by atoms with Crippen molar-refractivity contribution in [1.82, 2.24) is 0 Å². The van der Waals surface area contributed by atoms with E-state index in [9.17, 15) is 5.11 Å². The van der Waals surface area contributed by atoms with Crippen LogP contribution in [0.1, 0.15) is 11.1 Å². The lowest BCUT2D eigenvalue weighted by Gasteiger charge is -2.15. The first-order valence-electron chi connectivity index (χ1n) is 7.64. The summed E-state index contributed by atoms with van der Waals surface area (Å²) < 4.78 is 6.77. The monoisotopic (exact) mass is 383 g/mol. The van der Waals surface area contributed by atoms with Crippen LogP contribution < -0.4 is 10.5 Å². The molecule has 0 radical (unpaired) electrons. The first-order chi connectivity index (χ1) is 11.7. The summed E-state index contributed by atoms with van der Waals surface area (Å²) in [7, 11) is 0. The number of aliphatic hydroxyl groups is 1. The number of hydrogen-bond donors (Lipinski definition) is 2.